The first kappa shape index (κ1) is 22.6. The molecule has 9 heavy (non-hydrogen) atoms. The second kappa shape index (κ2) is 15.9. The summed E-state index contributed by atoms with van der Waals surface area (Å²) in [6.45, 7) is 2.63. The maximum atomic E-state index is 5.35. The van der Waals surface area contributed by atoms with Crippen molar-refractivity contribution in [3.8, 4) is 0 Å². The predicted octanol–water partition coefficient (Wildman–Crippen LogP) is 0.948. The Labute approximate surface area is 75.0 Å². The van der Waals surface area contributed by atoms with Gasteiger partial charge >= 0.3 is 0 Å². The fourth-order valence-corrected chi connectivity index (χ4v) is 0.167. The molecule has 2 nitrogen and oxygen atoms in total. The first-order chi connectivity index (χ1) is 2.81. The summed E-state index contributed by atoms with van der Waals surface area (Å²) >= 11 is 0. The van der Waals surface area contributed by atoms with E-state index in [4.69, 9.17) is 11.5 Å². The second-order valence-corrected chi connectivity index (χ2v) is 1.40. The lowest BCUT2D eigenvalue weighted by molar-refractivity contribution is 0.660. The van der Waals surface area contributed by atoms with Gasteiger partial charge in [-0.1, -0.05) is 6.92 Å². The summed E-state index contributed by atoms with van der Waals surface area (Å²) < 4.78 is 0. The Bertz CT molecular complexity index is 33.0. The molecule has 4 N–H and O–H groups in total. The van der Waals surface area contributed by atoms with Crippen molar-refractivity contribution in [3.05, 3.63) is 0 Å². The van der Waals surface area contributed by atoms with Gasteiger partial charge in [0, 0.05) is 12.6 Å². The van der Waals surface area contributed by atoms with Crippen LogP contribution in [-0.2, 0) is 0 Å². The molecule has 0 saturated carbocycles. The Hall–Kier alpha value is 0.790. The summed E-state index contributed by atoms with van der Waals surface area (Å²) in [7, 11) is 0. The first-order valence-corrected chi connectivity index (χ1v) is 2.27. The standard InChI is InChI=1S/C4H12N2.3ClH/c1-2-4(6)3-5;;;/h4H,2-3,5-6H2,1H3;3*1H. The molecule has 0 fully saturated rings. The molecule has 1 unspecified atom stereocenters. The molecule has 0 aliphatic heterocycles. The highest BCUT2D eigenvalue weighted by Gasteiger charge is 1.88. The molecule has 5 heteroatoms. The molecule has 0 aliphatic rings. The van der Waals surface area contributed by atoms with Crippen LogP contribution in [0.4, 0.5) is 0 Å². The minimum Gasteiger partial charge on any atom is -0.329 e. The van der Waals surface area contributed by atoms with Crippen molar-refractivity contribution < 1.29 is 0 Å². The summed E-state index contributed by atoms with van der Waals surface area (Å²) in [5, 5.41) is 0. The van der Waals surface area contributed by atoms with Gasteiger partial charge in [-0.2, -0.15) is 0 Å². The number of hydrogen-bond acceptors (Lipinski definition) is 2. The first-order valence-electron chi connectivity index (χ1n) is 2.27. The highest BCUT2D eigenvalue weighted by molar-refractivity contribution is 5.86. The van der Waals surface area contributed by atoms with Gasteiger partial charge in [0.25, 0.3) is 0 Å². The van der Waals surface area contributed by atoms with Crippen LogP contribution >= 0.6 is 37.2 Å². The van der Waals surface area contributed by atoms with E-state index in [9.17, 15) is 0 Å². The van der Waals surface area contributed by atoms with Crippen molar-refractivity contribution in [1.82, 2.24) is 0 Å². The molecule has 0 amide bonds. The van der Waals surface area contributed by atoms with E-state index < -0.39 is 0 Å². The summed E-state index contributed by atoms with van der Waals surface area (Å²) in [5.41, 5.74) is 10.5. The molecular formula is C4H15Cl3N2. The zero-order valence-electron chi connectivity index (χ0n) is 5.37. The molecule has 0 bridgehead atoms. The van der Waals surface area contributed by atoms with Gasteiger partial charge in [-0.15, -0.1) is 37.2 Å². The Kier molecular flexibility index (Phi) is 39.9. The maximum Gasteiger partial charge on any atom is 0.0160 e. The van der Waals surface area contributed by atoms with Crippen molar-refractivity contribution in [1.29, 1.82) is 0 Å². The smallest absolute Gasteiger partial charge is 0.0160 e. The monoisotopic (exact) mass is 196 g/mol. The van der Waals surface area contributed by atoms with E-state index in [0.29, 0.717) is 6.54 Å². The van der Waals surface area contributed by atoms with E-state index in [-0.39, 0.29) is 43.3 Å². The van der Waals surface area contributed by atoms with Crippen LogP contribution < -0.4 is 11.5 Å². The Morgan fingerprint density at radius 3 is 1.56 bits per heavy atom. The van der Waals surface area contributed by atoms with Crippen LogP contribution in [0.2, 0.25) is 0 Å². The van der Waals surface area contributed by atoms with Crippen molar-refractivity contribution in [2.75, 3.05) is 6.54 Å². The van der Waals surface area contributed by atoms with E-state index in [1.54, 1.807) is 0 Å². The molecule has 0 aromatic heterocycles. The van der Waals surface area contributed by atoms with Crippen LogP contribution in [0.15, 0.2) is 0 Å². The van der Waals surface area contributed by atoms with Crippen LogP contribution in [0.3, 0.4) is 0 Å². The lowest BCUT2D eigenvalue weighted by atomic mass is 10.2. The fourth-order valence-electron chi connectivity index (χ4n) is 0.167. The molecule has 0 heterocycles. The molecule has 0 radical (unpaired) electrons. The second-order valence-electron chi connectivity index (χ2n) is 1.40. The summed E-state index contributed by atoms with van der Waals surface area (Å²) in [6, 6.07) is 0.213. The number of halogens is 3. The number of hydrogen-bond donors (Lipinski definition) is 2. The SMILES string of the molecule is CCC(N)CN.Cl.Cl.Cl. The lowest BCUT2D eigenvalue weighted by Crippen LogP contribution is -2.28. The number of nitrogens with two attached hydrogens (primary N) is 2. The molecule has 0 rings (SSSR count). The van der Waals surface area contributed by atoms with Gasteiger partial charge in [-0.3, -0.25) is 0 Å². The molecule has 0 aromatic carbocycles. The average molecular weight is 198 g/mol. The molecule has 0 aromatic rings. The molecule has 0 aliphatic carbocycles. The van der Waals surface area contributed by atoms with E-state index >= 15 is 0 Å². The van der Waals surface area contributed by atoms with E-state index in [1.807, 2.05) is 6.92 Å². The van der Waals surface area contributed by atoms with Crippen LogP contribution in [0.1, 0.15) is 13.3 Å². The predicted molar refractivity (Wildman–Crippen MR) is 49.1 cm³/mol. The fraction of sp³-hybridized carbons (Fsp3) is 1.00. The minimum absolute atomic E-state index is 0. The van der Waals surface area contributed by atoms with Gasteiger partial charge in [-0.05, 0) is 6.42 Å². The molecule has 62 valence electrons. The third-order valence-corrected chi connectivity index (χ3v) is 0.827. The van der Waals surface area contributed by atoms with Gasteiger partial charge in [0.2, 0.25) is 0 Å². The molecule has 1 atom stereocenters. The van der Waals surface area contributed by atoms with Crippen molar-refractivity contribution >= 4 is 37.2 Å². The highest BCUT2D eigenvalue weighted by atomic mass is 35.5. The molecular weight excluding hydrogens is 182 g/mol. The van der Waals surface area contributed by atoms with Crippen LogP contribution in [0.5, 0.6) is 0 Å². The summed E-state index contributed by atoms with van der Waals surface area (Å²) in [5.74, 6) is 0. The van der Waals surface area contributed by atoms with Crippen LogP contribution in [-0.4, -0.2) is 12.6 Å². The van der Waals surface area contributed by atoms with Crippen LogP contribution in [0.25, 0.3) is 0 Å². The Morgan fingerprint density at radius 2 is 1.56 bits per heavy atom. The summed E-state index contributed by atoms with van der Waals surface area (Å²) in [6.07, 6.45) is 0.983. The molecule has 0 spiro atoms. The van der Waals surface area contributed by atoms with Crippen molar-refractivity contribution in [3.63, 3.8) is 0 Å². The van der Waals surface area contributed by atoms with E-state index in [1.165, 1.54) is 0 Å². The molecule has 0 saturated heterocycles. The van der Waals surface area contributed by atoms with Crippen molar-refractivity contribution in [2.45, 2.75) is 19.4 Å². The topological polar surface area (TPSA) is 52.0 Å². The Balaban J connectivity index is -0.0000000417. The van der Waals surface area contributed by atoms with E-state index in [2.05, 4.69) is 0 Å². The normalized spacial score (nSPS) is 9.67. The minimum atomic E-state index is 0. The number of rotatable bonds is 2. The summed E-state index contributed by atoms with van der Waals surface area (Å²) in [4.78, 5) is 0. The largest absolute Gasteiger partial charge is 0.329 e. The zero-order valence-corrected chi connectivity index (χ0v) is 7.82. The quantitative estimate of drug-likeness (QED) is 0.693. The van der Waals surface area contributed by atoms with E-state index in [0.717, 1.165) is 6.42 Å². The highest BCUT2D eigenvalue weighted by Crippen LogP contribution is 1.77. The average Bonchev–Trinajstić information content (AvgIpc) is 1.65. The van der Waals surface area contributed by atoms with Gasteiger partial charge in [0.15, 0.2) is 0 Å². The third kappa shape index (κ3) is 17.7. The van der Waals surface area contributed by atoms with Crippen LogP contribution in [0, 0.1) is 0 Å². The Morgan fingerprint density at radius 1 is 1.22 bits per heavy atom. The zero-order chi connectivity index (χ0) is 4.99. The van der Waals surface area contributed by atoms with Gasteiger partial charge in [-0.25, -0.2) is 0 Å². The van der Waals surface area contributed by atoms with Gasteiger partial charge in [0.05, 0.1) is 0 Å². The van der Waals surface area contributed by atoms with Crippen molar-refractivity contribution in [2.24, 2.45) is 11.5 Å². The van der Waals surface area contributed by atoms with Gasteiger partial charge < -0.3 is 11.5 Å². The van der Waals surface area contributed by atoms with Gasteiger partial charge in [0.1, 0.15) is 0 Å². The maximum absolute atomic E-state index is 5.35. The third-order valence-electron chi connectivity index (χ3n) is 0.827. The lowest BCUT2D eigenvalue weighted by Gasteiger charge is -1.99.